The van der Waals surface area contributed by atoms with Crippen LogP contribution in [0.4, 0.5) is 0 Å². The molecule has 2 rings (SSSR count). The van der Waals surface area contributed by atoms with Crippen molar-refractivity contribution in [1.82, 2.24) is 14.9 Å². The fourth-order valence-electron chi connectivity index (χ4n) is 3.32. The van der Waals surface area contributed by atoms with Crippen molar-refractivity contribution in [2.45, 2.75) is 51.6 Å². The molecule has 0 fully saturated rings. The molecule has 1 atom stereocenters. The first-order valence-corrected chi connectivity index (χ1v) is 12.3. The minimum Gasteiger partial charge on any atom is -0.350 e. The predicted octanol–water partition coefficient (Wildman–Crippen LogP) is 3.24. The maximum absolute atomic E-state index is 12.9. The Morgan fingerprint density at radius 1 is 0.938 bits per heavy atom. The molecular formula is C24H33N3O4S. The molecule has 0 aliphatic rings. The molecule has 0 spiro atoms. The van der Waals surface area contributed by atoms with Crippen LogP contribution in [0.15, 0.2) is 59.5 Å². The van der Waals surface area contributed by atoms with Gasteiger partial charge in [-0.25, -0.2) is 8.42 Å². The molecule has 0 bridgehead atoms. The fraction of sp³-hybridized carbons (Fsp3) is 0.417. The molecule has 0 aliphatic heterocycles. The summed E-state index contributed by atoms with van der Waals surface area (Å²) < 4.78 is 26.6. The molecule has 1 unspecified atom stereocenters. The Morgan fingerprint density at radius 2 is 1.53 bits per heavy atom. The van der Waals surface area contributed by atoms with Gasteiger partial charge in [-0.1, -0.05) is 70.2 Å². The molecule has 0 saturated carbocycles. The minimum absolute atomic E-state index is 0.181. The van der Waals surface area contributed by atoms with Crippen LogP contribution in [0.1, 0.15) is 51.3 Å². The first kappa shape index (κ1) is 25.5. The third kappa shape index (κ3) is 6.90. The second-order valence-electron chi connectivity index (χ2n) is 7.96. The molecule has 2 N–H and O–H groups in total. The van der Waals surface area contributed by atoms with Crippen molar-refractivity contribution in [3.8, 4) is 0 Å². The number of hydrogen-bond acceptors (Lipinski definition) is 4. The number of rotatable bonds is 11. The van der Waals surface area contributed by atoms with Crippen LogP contribution in [-0.2, 0) is 26.2 Å². The van der Waals surface area contributed by atoms with E-state index in [1.54, 1.807) is 50.2 Å². The molecule has 0 radical (unpaired) electrons. The molecule has 174 valence electrons. The Hall–Kier alpha value is -2.71. The largest absolute Gasteiger partial charge is 0.350 e. The Labute approximate surface area is 191 Å². The third-order valence-corrected chi connectivity index (χ3v) is 7.09. The average Bonchev–Trinajstić information content (AvgIpc) is 2.77. The summed E-state index contributed by atoms with van der Waals surface area (Å²) in [5.41, 5.74) is 1.46. The molecule has 2 amide bonds. The van der Waals surface area contributed by atoms with Crippen molar-refractivity contribution in [1.29, 1.82) is 0 Å². The van der Waals surface area contributed by atoms with Crippen LogP contribution in [0.2, 0.25) is 0 Å². The van der Waals surface area contributed by atoms with Crippen molar-refractivity contribution >= 4 is 21.8 Å². The summed E-state index contributed by atoms with van der Waals surface area (Å²) in [5, 5.41) is 5.67. The highest BCUT2D eigenvalue weighted by Gasteiger charge is 2.23. The SMILES string of the molecule is CCN(CC)S(=O)(=O)c1ccc(CNC(=O)C(NC(=O)CC(C)C)c2ccccc2)cc1. The maximum Gasteiger partial charge on any atom is 0.247 e. The zero-order chi connectivity index (χ0) is 23.7. The lowest BCUT2D eigenvalue weighted by Gasteiger charge is -2.20. The number of benzene rings is 2. The summed E-state index contributed by atoms with van der Waals surface area (Å²) in [5.74, 6) is -0.330. The van der Waals surface area contributed by atoms with Crippen molar-refractivity contribution in [3.63, 3.8) is 0 Å². The second kappa shape index (κ2) is 11.8. The van der Waals surface area contributed by atoms with Gasteiger partial charge in [0.1, 0.15) is 6.04 Å². The summed E-state index contributed by atoms with van der Waals surface area (Å²) in [6.07, 6.45) is 0.332. The Morgan fingerprint density at radius 3 is 2.06 bits per heavy atom. The van der Waals surface area contributed by atoms with E-state index in [4.69, 9.17) is 0 Å². The molecule has 32 heavy (non-hydrogen) atoms. The topological polar surface area (TPSA) is 95.6 Å². The summed E-state index contributed by atoms with van der Waals surface area (Å²) in [6.45, 7) is 8.51. The van der Waals surface area contributed by atoms with Crippen LogP contribution >= 0.6 is 0 Å². The summed E-state index contributed by atoms with van der Waals surface area (Å²) in [4.78, 5) is 25.4. The van der Waals surface area contributed by atoms with E-state index in [0.29, 0.717) is 25.1 Å². The Balaban J connectivity index is 2.10. The van der Waals surface area contributed by atoms with Crippen LogP contribution in [0, 0.1) is 5.92 Å². The predicted molar refractivity (Wildman–Crippen MR) is 125 cm³/mol. The molecule has 2 aromatic carbocycles. The normalized spacial score (nSPS) is 12.6. The molecule has 0 aromatic heterocycles. The van der Waals surface area contributed by atoms with Gasteiger partial charge in [-0.2, -0.15) is 4.31 Å². The smallest absolute Gasteiger partial charge is 0.247 e. The fourth-order valence-corrected chi connectivity index (χ4v) is 4.78. The van der Waals surface area contributed by atoms with Crippen molar-refractivity contribution in [3.05, 3.63) is 65.7 Å². The minimum atomic E-state index is -3.52. The lowest BCUT2D eigenvalue weighted by Crippen LogP contribution is -2.40. The van der Waals surface area contributed by atoms with Crippen molar-refractivity contribution < 1.29 is 18.0 Å². The van der Waals surface area contributed by atoms with Crippen LogP contribution in [0.25, 0.3) is 0 Å². The van der Waals surface area contributed by atoms with Gasteiger partial charge in [0, 0.05) is 26.1 Å². The van der Waals surface area contributed by atoms with E-state index in [9.17, 15) is 18.0 Å². The van der Waals surface area contributed by atoms with Gasteiger partial charge in [-0.3, -0.25) is 9.59 Å². The number of amides is 2. The van der Waals surface area contributed by atoms with Gasteiger partial charge in [-0.15, -0.1) is 0 Å². The summed E-state index contributed by atoms with van der Waals surface area (Å²) in [7, 11) is -3.52. The lowest BCUT2D eigenvalue weighted by molar-refractivity contribution is -0.129. The van der Waals surface area contributed by atoms with E-state index in [2.05, 4.69) is 10.6 Å². The monoisotopic (exact) mass is 459 g/mol. The highest BCUT2D eigenvalue weighted by Crippen LogP contribution is 2.17. The van der Waals surface area contributed by atoms with E-state index in [1.165, 1.54) is 4.31 Å². The number of sulfonamides is 1. The highest BCUT2D eigenvalue weighted by molar-refractivity contribution is 7.89. The standard InChI is InChI=1S/C24H33N3O4S/c1-5-27(6-2)32(30,31)21-14-12-19(13-15-21)17-25-24(29)23(20-10-8-7-9-11-20)26-22(28)16-18(3)4/h7-15,18,23H,5-6,16-17H2,1-4H3,(H,25,29)(H,26,28). The second-order valence-corrected chi connectivity index (χ2v) is 9.90. The quantitative estimate of drug-likeness (QED) is 0.539. The zero-order valence-electron chi connectivity index (χ0n) is 19.2. The third-order valence-electron chi connectivity index (χ3n) is 5.03. The summed E-state index contributed by atoms with van der Waals surface area (Å²) >= 11 is 0. The van der Waals surface area contributed by atoms with Gasteiger partial charge < -0.3 is 10.6 Å². The lowest BCUT2D eigenvalue weighted by atomic mass is 10.0. The Bertz CT molecular complexity index is 986. The van der Waals surface area contributed by atoms with E-state index in [0.717, 1.165) is 5.56 Å². The maximum atomic E-state index is 12.9. The number of carbonyl (C=O) groups is 2. The van der Waals surface area contributed by atoms with E-state index in [-0.39, 0.29) is 29.2 Å². The number of carbonyl (C=O) groups excluding carboxylic acids is 2. The number of nitrogens with zero attached hydrogens (tertiary/aromatic N) is 1. The molecule has 7 nitrogen and oxygen atoms in total. The number of hydrogen-bond donors (Lipinski definition) is 2. The van der Waals surface area contributed by atoms with Crippen LogP contribution < -0.4 is 10.6 Å². The van der Waals surface area contributed by atoms with Crippen molar-refractivity contribution in [2.24, 2.45) is 5.92 Å². The Kier molecular flexibility index (Phi) is 9.41. The van der Waals surface area contributed by atoms with Crippen LogP contribution in [0.5, 0.6) is 0 Å². The van der Waals surface area contributed by atoms with Gasteiger partial charge in [0.25, 0.3) is 0 Å². The molecule has 0 saturated heterocycles. The van der Waals surface area contributed by atoms with E-state index in [1.807, 2.05) is 32.0 Å². The van der Waals surface area contributed by atoms with Gasteiger partial charge in [0.2, 0.25) is 21.8 Å². The van der Waals surface area contributed by atoms with Gasteiger partial charge in [-0.05, 0) is 29.2 Å². The van der Waals surface area contributed by atoms with E-state index >= 15 is 0 Å². The van der Waals surface area contributed by atoms with Gasteiger partial charge in [0.05, 0.1) is 4.90 Å². The highest BCUT2D eigenvalue weighted by atomic mass is 32.2. The van der Waals surface area contributed by atoms with Crippen molar-refractivity contribution in [2.75, 3.05) is 13.1 Å². The van der Waals surface area contributed by atoms with Gasteiger partial charge in [0.15, 0.2) is 0 Å². The first-order chi connectivity index (χ1) is 15.2. The first-order valence-electron chi connectivity index (χ1n) is 10.9. The molecule has 2 aromatic rings. The molecular weight excluding hydrogens is 426 g/mol. The van der Waals surface area contributed by atoms with E-state index < -0.39 is 16.1 Å². The summed E-state index contributed by atoms with van der Waals surface area (Å²) in [6, 6.07) is 14.8. The molecule has 8 heteroatoms. The molecule has 0 aliphatic carbocycles. The average molecular weight is 460 g/mol. The van der Waals surface area contributed by atoms with Crippen LogP contribution in [-0.4, -0.2) is 37.6 Å². The number of nitrogens with one attached hydrogen (secondary N) is 2. The molecule has 0 heterocycles. The van der Waals surface area contributed by atoms with Crippen LogP contribution in [0.3, 0.4) is 0 Å². The van der Waals surface area contributed by atoms with Gasteiger partial charge >= 0.3 is 0 Å². The zero-order valence-corrected chi connectivity index (χ0v) is 20.0.